The average Bonchev–Trinajstić information content (AvgIpc) is 2.43. The minimum absolute atomic E-state index is 0.00798. The molecular formula is C15H15F3N2O2. The first-order valence-corrected chi connectivity index (χ1v) is 6.70. The summed E-state index contributed by atoms with van der Waals surface area (Å²) in [6.07, 6.45) is -1.79. The lowest BCUT2D eigenvalue weighted by Crippen LogP contribution is -2.40. The van der Waals surface area contributed by atoms with Crippen molar-refractivity contribution >= 4 is 0 Å². The Bertz CT molecular complexity index is 788. The van der Waals surface area contributed by atoms with Crippen LogP contribution in [0.4, 0.5) is 13.2 Å². The Kier molecular flexibility index (Phi) is 4.25. The third-order valence-electron chi connectivity index (χ3n) is 3.07. The van der Waals surface area contributed by atoms with Gasteiger partial charge in [0.15, 0.2) is 0 Å². The number of rotatable bonds is 3. The van der Waals surface area contributed by atoms with E-state index < -0.39 is 22.9 Å². The highest BCUT2D eigenvalue weighted by molar-refractivity contribution is 5.37. The molecule has 2 rings (SSSR count). The molecule has 22 heavy (non-hydrogen) atoms. The van der Waals surface area contributed by atoms with Crippen LogP contribution < -0.4 is 11.1 Å². The molecule has 0 saturated heterocycles. The maximum Gasteiger partial charge on any atom is 0.416 e. The highest BCUT2D eigenvalue weighted by Gasteiger charge is 2.30. The van der Waals surface area contributed by atoms with Crippen LogP contribution in [0.15, 0.2) is 46.2 Å². The standard InChI is InChI=1S/C15H15F3N2O2/c1-10(2)9-19-6-7-20(14(22)13(19)21)12-5-3-4-11(8-12)15(16,17)18/h3-8,10H,9H2,1-2H3. The molecule has 0 bridgehead atoms. The molecule has 0 aliphatic rings. The largest absolute Gasteiger partial charge is 0.416 e. The van der Waals surface area contributed by atoms with E-state index in [1.165, 1.54) is 29.1 Å². The maximum absolute atomic E-state index is 12.7. The van der Waals surface area contributed by atoms with Crippen LogP contribution in [0, 0.1) is 5.92 Å². The van der Waals surface area contributed by atoms with Crippen LogP contribution in [0.5, 0.6) is 0 Å². The van der Waals surface area contributed by atoms with E-state index in [1.54, 1.807) is 0 Å². The first kappa shape index (κ1) is 16.1. The molecule has 2 aromatic rings. The van der Waals surface area contributed by atoms with E-state index in [2.05, 4.69) is 0 Å². The van der Waals surface area contributed by atoms with Crippen molar-refractivity contribution < 1.29 is 13.2 Å². The number of benzene rings is 1. The molecule has 118 valence electrons. The average molecular weight is 312 g/mol. The van der Waals surface area contributed by atoms with Crippen LogP contribution in [0.25, 0.3) is 5.69 Å². The fourth-order valence-electron chi connectivity index (χ4n) is 2.08. The molecule has 1 aromatic heterocycles. The first-order valence-electron chi connectivity index (χ1n) is 6.70. The minimum atomic E-state index is -4.51. The van der Waals surface area contributed by atoms with Gasteiger partial charge in [-0.1, -0.05) is 19.9 Å². The monoisotopic (exact) mass is 312 g/mol. The van der Waals surface area contributed by atoms with Gasteiger partial charge >= 0.3 is 17.3 Å². The van der Waals surface area contributed by atoms with Crippen molar-refractivity contribution in [2.45, 2.75) is 26.6 Å². The maximum atomic E-state index is 12.7. The number of hydrogen-bond acceptors (Lipinski definition) is 2. The predicted octanol–water partition coefficient (Wildman–Crippen LogP) is 2.67. The van der Waals surface area contributed by atoms with Crippen LogP contribution in [0.1, 0.15) is 19.4 Å². The molecular weight excluding hydrogens is 297 g/mol. The van der Waals surface area contributed by atoms with Crippen LogP contribution >= 0.6 is 0 Å². The quantitative estimate of drug-likeness (QED) is 0.818. The van der Waals surface area contributed by atoms with Crippen molar-refractivity contribution in [1.82, 2.24) is 9.13 Å². The minimum Gasteiger partial charge on any atom is -0.309 e. The van der Waals surface area contributed by atoms with Crippen LogP contribution in [-0.4, -0.2) is 9.13 Å². The molecule has 1 aromatic carbocycles. The molecule has 0 amide bonds. The predicted molar refractivity (Wildman–Crippen MR) is 76.1 cm³/mol. The number of alkyl halides is 3. The van der Waals surface area contributed by atoms with Crippen molar-refractivity contribution in [3.8, 4) is 5.69 Å². The molecule has 4 nitrogen and oxygen atoms in total. The third kappa shape index (κ3) is 3.29. The summed E-state index contributed by atoms with van der Waals surface area (Å²) in [4.78, 5) is 24.1. The number of halogens is 3. The van der Waals surface area contributed by atoms with Crippen LogP contribution in [-0.2, 0) is 12.7 Å². The van der Waals surface area contributed by atoms with Gasteiger partial charge in [0.05, 0.1) is 5.56 Å². The fraction of sp³-hybridized carbons (Fsp3) is 0.333. The van der Waals surface area contributed by atoms with E-state index in [0.717, 1.165) is 16.7 Å². The van der Waals surface area contributed by atoms with Gasteiger partial charge in [-0.05, 0) is 24.1 Å². The van der Waals surface area contributed by atoms with Gasteiger partial charge in [0.2, 0.25) is 0 Å². The smallest absolute Gasteiger partial charge is 0.309 e. The van der Waals surface area contributed by atoms with Gasteiger partial charge in [-0.15, -0.1) is 0 Å². The summed E-state index contributed by atoms with van der Waals surface area (Å²) in [5, 5.41) is 0. The normalized spacial score (nSPS) is 11.9. The highest BCUT2D eigenvalue weighted by Crippen LogP contribution is 2.29. The van der Waals surface area contributed by atoms with Gasteiger partial charge < -0.3 is 4.57 Å². The molecule has 0 aliphatic carbocycles. The van der Waals surface area contributed by atoms with E-state index in [9.17, 15) is 22.8 Å². The Hall–Kier alpha value is -2.31. The van der Waals surface area contributed by atoms with E-state index in [1.807, 2.05) is 13.8 Å². The zero-order valence-corrected chi connectivity index (χ0v) is 12.1. The van der Waals surface area contributed by atoms with Crippen molar-refractivity contribution in [1.29, 1.82) is 0 Å². The molecule has 0 saturated carbocycles. The van der Waals surface area contributed by atoms with Gasteiger partial charge in [0, 0.05) is 24.6 Å². The third-order valence-corrected chi connectivity index (χ3v) is 3.07. The summed E-state index contributed by atoms with van der Waals surface area (Å²) in [6.45, 7) is 4.16. The SMILES string of the molecule is CC(C)Cn1ccn(-c2cccc(C(F)(F)F)c2)c(=O)c1=O. The van der Waals surface area contributed by atoms with Gasteiger partial charge in [-0.25, -0.2) is 0 Å². The molecule has 0 unspecified atom stereocenters. The van der Waals surface area contributed by atoms with E-state index in [0.29, 0.717) is 6.54 Å². The van der Waals surface area contributed by atoms with Crippen LogP contribution in [0.3, 0.4) is 0 Å². The summed E-state index contributed by atoms with van der Waals surface area (Å²) in [5.74, 6) is 0.168. The van der Waals surface area contributed by atoms with Crippen molar-refractivity contribution in [3.05, 3.63) is 62.9 Å². The van der Waals surface area contributed by atoms with E-state index >= 15 is 0 Å². The van der Waals surface area contributed by atoms with Gasteiger partial charge in [0.25, 0.3) is 0 Å². The summed E-state index contributed by atoms with van der Waals surface area (Å²) in [7, 11) is 0. The number of nitrogens with zero attached hydrogens (tertiary/aromatic N) is 2. The second kappa shape index (κ2) is 5.82. The molecule has 0 atom stereocenters. The van der Waals surface area contributed by atoms with Crippen molar-refractivity contribution in [3.63, 3.8) is 0 Å². The Morgan fingerprint density at radius 1 is 1.09 bits per heavy atom. The zero-order valence-electron chi connectivity index (χ0n) is 12.1. The fourth-order valence-corrected chi connectivity index (χ4v) is 2.08. The zero-order chi connectivity index (χ0) is 16.5. The highest BCUT2D eigenvalue weighted by atomic mass is 19.4. The molecule has 0 fully saturated rings. The molecule has 0 radical (unpaired) electrons. The van der Waals surface area contributed by atoms with Gasteiger partial charge in [-0.3, -0.25) is 14.2 Å². The summed E-state index contributed by atoms with van der Waals surface area (Å²) in [5.41, 5.74) is -2.49. The van der Waals surface area contributed by atoms with Crippen LogP contribution in [0.2, 0.25) is 0 Å². The van der Waals surface area contributed by atoms with Crippen molar-refractivity contribution in [2.24, 2.45) is 5.92 Å². The Morgan fingerprint density at radius 3 is 2.36 bits per heavy atom. The molecule has 0 spiro atoms. The first-order chi connectivity index (χ1) is 10.2. The second-order valence-corrected chi connectivity index (χ2v) is 5.37. The number of hydrogen-bond donors (Lipinski definition) is 0. The summed E-state index contributed by atoms with van der Waals surface area (Å²) >= 11 is 0. The molecule has 7 heteroatoms. The summed E-state index contributed by atoms with van der Waals surface area (Å²) in [6, 6.07) is 4.30. The lowest BCUT2D eigenvalue weighted by Gasteiger charge is -2.12. The second-order valence-electron chi connectivity index (χ2n) is 5.37. The Balaban J connectivity index is 2.53. The topological polar surface area (TPSA) is 44.0 Å². The van der Waals surface area contributed by atoms with E-state index in [-0.39, 0.29) is 11.6 Å². The van der Waals surface area contributed by atoms with Gasteiger partial charge in [0.1, 0.15) is 0 Å². The summed E-state index contributed by atoms with van der Waals surface area (Å²) < 4.78 is 40.3. The van der Waals surface area contributed by atoms with E-state index in [4.69, 9.17) is 0 Å². The molecule has 0 N–H and O–H groups in total. The Labute approximate surface area is 124 Å². The lowest BCUT2D eigenvalue weighted by atomic mass is 10.2. The lowest BCUT2D eigenvalue weighted by molar-refractivity contribution is -0.137. The molecule has 0 aliphatic heterocycles. The van der Waals surface area contributed by atoms with Gasteiger partial charge in [-0.2, -0.15) is 13.2 Å². The Morgan fingerprint density at radius 2 is 1.77 bits per heavy atom. The number of aromatic nitrogens is 2. The molecule has 1 heterocycles. The van der Waals surface area contributed by atoms with Crippen molar-refractivity contribution in [2.75, 3.05) is 0 Å².